The molecule has 2 aromatic rings. The van der Waals surface area contributed by atoms with Crippen molar-refractivity contribution in [2.75, 3.05) is 0 Å². The molecule has 2 heterocycles. The van der Waals surface area contributed by atoms with Gasteiger partial charge in [-0.2, -0.15) is 0 Å². The van der Waals surface area contributed by atoms with Gasteiger partial charge in [0.25, 0.3) is 0 Å². The van der Waals surface area contributed by atoms with Crippen LogP contribution in [-0.2, 0) is 13.1 Å². The molecule has 0 radical (unpaired) electrons. The second-order valence-corrected chi connectivity index (χ2v) is 4.07. The van der Waals surface area contributed by atoms with E-state index in [4.69, 9.17) is 4.42 Å². The maximum Gasteiger partial charge on any atom is 0.0965 e. The minimum Gasteiger partial charge on any atom is -0.472 e. The van der Waals surface area contributed by atoms with Gasteiger partial charge in [-0.3, -0.25) is 0 Å². The summed E-state index contributed by atoms with van der Waals surface area (Å²) in [5.74, 6) is 0. The lowest BCUT2D eigenvalue weighted by molar-refractivity contribution is 0.558. The Morgan fingerprint density at radius 1 is 1.50 bits per heavy atom. The van der Waals surface area contributed by atoms with E-state index in [1.165, 1.54) is 0 Å². The molecule has 5 heteroatoms. The highest BCUT2D eigenvalue weighted by Crippen LogP contribution is 2.03. The zero-order chi connectivity index (χ0) is 11.4. The highest BCUT2D eigenvalue weighted by molar-refractivity contribution is 5.06. The summed E-state index contributed by atoms with van der Waals surface area (Å²) in [5.41, 5.74) is 2.05. The highest BCUT2D eigenvalue weighted by atomic mass is 16.3. The fourth-order valence-corrected chi connectivity index (χ4v) is 1.38. The summed E-state index contributed by atoms with van der Waals surface area (Å²) >= 11 is 0. The summed E-state index contributed by atoms with van der Waals surface area (Å²) in [6.45, 7) is 5.67. The molecule has 0 aromatic carbocycles. The van der Waals surface area contributed by atoms with Crippen LogP contribution in [0.4, 0.5) is 0 Å². The van der Waals surface area contributed by atoms with Crippen molar-refractivity contribution >= 4 is 0 Å². The first-order valence-corrected chi connectivity index (χ1v) is 5.37. The molecule has 0 bridgehead atoms. The average Bonchev–Trinajstić information content (AvgIpc) is 2.87. The quantitative estimate of drug-likeness (QED) is 0.828. The zero-order valence-corrected chi connectivity index (χ0v) is 9.55. The molecular weight excluding hydrogens is 204 g/mol. The fourth-order valence-electron chi connectivity index (χ4n) is 1.38. The topological polar surface area (TPSA) is 55.9 Å². The Balaban J connectivity index is 1.92. The van der Waals surface area contributed by atoms with Crippen molar-refractivity contribution in [2.24, 2.45) is 0 Å². The van der Waals surface area contributed by atoms with E-state index in [1.54, 1.807) is 12.5 Å². The minimum atomic E-state index is 0.457. The lowest BCUT2D eigenvalue weighted by Gasteiger charge is -2.04. The largest absolute Gasteiger partial charge is 0.472 e. The van der Waals surface area contributed by atoms with Crippen molar-refractivity contribution in [2.45, 2.75) is 33.0 Å². The third kappa shape index (κ3) is 2.93. The molecule has 2 rings (SSSR count). The zero-order valence-electron chi connectivity index (χ0n) is 9.55. The van der Waals surface area contributed by atoms with Crippen LogP contribution >= 0.6 is 0 Å². The van der Waals surface area contributed by atoms with Gasteiger partial charge in [0.15, 0.2) is 0 Å². The molecule has 0 saturated heterocycles. The summed E-state index contributed by atoms with van der Waals surface area (Å²) in [5, 5.41) is 11.4. The van der Waals surface area contributed by atoms with E-state index in [0.29, 0.717) is 12.6 Å². The molecule has 0 spiro atoms. The second kappa shape index (κ2) is 4.94. The van der Waals surface area contributed by atoms with Crippen molar-refractivity contribution in [3.8, 4) is 0 Å². The van der Waals surface area contributed by atoms with Gasteiger partial charge in [0.05, 0.1) is 31.0 Å². The van der Waals surface area contributed by atoms with Gasteiger partial charge in [0.1, 0.15) is 0 Å². The number of hydrogen-bond acceptors (Lipinski definition) is 4. The molecule has 0 aliphatic heterocycles. The first kappa shape index (κ1) is 10.9. The van der Waals surface area contributed by atoms with Crippen LogP contribution in [0.3, 0.4) is 0 Å². The van der Waals surface area contributed by atoms with Crippen LogP contribution < -0.4 is 5.32 Å². The summed E-state index contributed by atoms with van der Waals surface area (Å²) in [6, 6.07) is 2.38. The molecule has 16 heavy (non-hydrogen) atoms. The van der Waals surface area contributed by atoms with Crippen LogP contribution in [0.15, 0.2) is 29.2 Å². The maximum absolute atomic E-state index is 5.00. The first-order chi connectivity index (χ1) is 7.74. The predicted octanol–water partition coefficient (Wildman–Crippen LogP) is 1.42. The maximum atomic E-state index is 5.00. The average molecular weight is 220 g/mol. The molecule has 0 atom stereocenters. The van der Waals surface area contributed by atoms with E-state index >= 15 is 0 Å². The molecule has 0 fully saturated rings. The highest BCUT2D eigenvalue weighted by Gasteiger charge is 2.02. The van der Waals surface area contributed by atoms with Crippen LogP contribution in [-0.4, -0.2) is 21.0 Å². The Morgan fingerprint density at radius 3 is 3.06 bits per heavy atom. The van der Waals surface area contributed by atoms with Crippen molar-refractivity contribution in [3.05, 3.63) is 36.0 Å². The van der Waals surface area contributed by atoms with Gasteiger partial charge < -0.3 is 9.73 Å². The molecule has 0 aliphatic carbocycles. The van der Waals surface area contributed by atoms with Gasteiger partial charge in [-0.15, -0.1) is 5.10 Å². The Bertz CT molecular complexity index is 419. The minimum absolute atomic E-state index is 0.457. The summed E-state index contributed by atoms with van der Waals surface area (Å²) in [6.07, 6.45) is 5.32. The normalized spacial score (nSPS) is 11.2. The molecule has 0 unspecified atom stereocenters. The molecule has 1 N–H and O–H groups in total. The number of rotatable bonds is 5. The van der Waals surface area contributed by atoms with Gasteiger partial charge in [0, 0.05) is 18.2 Å². The molecule has 2 aromatic heterocycles. The van der Waals surface area contributed by atoms with E-state index in [2.05, 4.69) is 29.5 Å². The van der Waals surface area contributed by atoms with Crippen LogP contribution in [0.2, 0.25) is 0 Å². The third-order valence-corrected chi connectivity index (χ3v) is 2.20. The van der Waals surface area contributed by atoms with Crippen LogP contribution in [0.5, 0.6) is 0 Å². The number of aromatic nitrogens is 3. The van der Waals surface area contributed by atoms with Crippen molar-refractivity contribution in [1.29, 1.82) is 0 Å². The van der Waals surface area contributed by atoms with E-state index in [9.17, 15) is 0 Å². The standard InChI is InChI=1S/C11H16N4O/c1-9(2)12-5-11-7-15(14-13-11)6-10-3-4-16-8-10/h3-4,7-9,12H,5-6H2,1-2H3. The van der Waals surface area contributed by atoms with Gasteiger partial charge in [-0.25, -0.2) is 4.68 Å². The van der Waals surface area contributed by atoms with Gasteiger partial charge in [-0.1, -0.05) is 19.1 Å². The molecule has 0 saturated carbocycles. The van der Waals surface area contributed by atoms with E-state index in [-0.39, 0.29) is 0 Å². The van der Waals surface area contributed by atoms with Gasteiger partial charge in [0.2, 0.25) is 0 Å². The number of nitrogens with zero attached hydrogens (tertiary/aromatic N) is 3. The summed E-state index contributed by atoms with van der Waals surface area (Å²) < 4.78 is 6.81. The lowest BCUT2D eigenvalue weighted by Crippen LogP contribution is -2.21. The van der Waals surface area contributed by atoms with Crippen molar-refractivity contribution < 1.29 is 4.42 Å². The monoisotopic (exact) mass is 220 g/mol. The third-order valence-electron chi connectivity index (χ3n) is 2.20. The van der Waals surface area contributed by atoms with Gasteiger partial charge in [-0.05, 0) is 6.07 Å². The first-order valence-electron chi connectivity index (χ1n) is 5.37. The van der Waals surface area contributed by atoms with E-state index in [1.807, 2.05) is 16.9 Å². The number of hydrogen-bond donors (Lipinski definition) is 1. The Labute approximate surface area is 94.5 Å². The molecule has 0 aliphatic rings. The SMILES string of the molecule is CC(C)NCc1cn(Cc2ccoc2)nn1. The second-order valence-electron chi connectivity index (χ2n) is 4.07. The molecular formula is C11H16N4O. The molecule has 5 nitrogen and oxygen atoms in total. The van der Waals surface area contributed by atoms with E-state index in [0.717, 1.165) is 17.8 Å². The Morgan fingerprint density at radius 2 is 2.38 bits per heavy atom. The predicted molar refractivity (Wildman–Crippen MR) is 59.8 cm³/mol. The Kier molecular flexibility index (Phi) is 3.36. The Hall–Kier alpha value is -1.62. The number of nitrogens with one attached hydrogen (secondary N) is 1. The van der Waals surface area contributed by atoms with Crippen molar-refractivity contribution in [3.63, 3.8) is 0 Å². The van der Waals surface area contributed by atoms with Crippen molar-refractivity contribution in [1.82, 2.24) is 20.3 Å². The summed E-state index contributed by atoms with van der Waals surface area (Å²) in [7, 11) is 0. The molecule has 86 valence electrons. The fraction of sp³-hybridized carbons (Fsp3) is 0.455. The smallest absolute Gasteiger partial charge is 0.0965 e. The van der Waals surface area contributed by atoms with Crippen LogP contribution in [0.25, 0.3) is 0 Å². The molecule has 0 amide bonds. The summed E-state index contributed by atoms with van der Waals surface area (Å²) in [4.78, 5) is 0. The van der Waals surface area contributed by atoms with Crippen LogP contribution in [0.1, 0.15) is 25.1 Å². The number of furan rings is 1. The van der Waals surface area contributed by atoms with Gasteiger partial charge >= 0.3 is 0 Å². The van der Waals surface area contributed by atoms with E-state index < -0.39 is 0 Å². The lowest BCUT2D eigenvalue weighted by atomic mass is 10.3. The van der Waals surface area contributed by atoms with Crippen LogP contribution in [0, 0.1) is 0 Å².